The molecule has 2 rings (SSSR count). The van der Waals surface area contributed by atoms with Crippen molar-refractivity contribution in [1.82, 2.24) is 9.97 Å². The summed E-state index contributed by atoms with van der Waals surface area (Å²) in [6.07, 6.45) is 1.56. The van der Waals surface area contributed by atoms with E-state index in [0.717, 1.165) is 12.5 Å². The number of hydrogen-bond donors (Lipinski definition) is 2. The minimum Gasteiger partial charge on any atom is -0.342 e. The molecule has 0 saturated carbocycles. The van der Waals surface area contributed by atoms with E-state index in [0.29, 0.717) is 30.2 Å². The van der Waals surface area contributed by atoms with Gasteiger partial charge in [-0.05, 0) is 31.0 Å². The Morgan fingerprint density at radius 3 is 2.88 bits per heavy atom. The Balaban J connectivity index is 2.23. The third kappa shape index (κ3) is 2.44. The lowest BCUT2D eigenvalue weighted by Gasteiger charge is -2.05. The summed E-state index contributed by atoms with van der Waals surface area (Å²) in [5.41, 5.74) is 6.11. The largest absolute Gasteiger partial charge is 0.342 e. The molecule has 0 radical (unpaired) electrons. The molecular weight excluding hydrogens is 224 g/mol. The van der Waals surface area contributed by atoms with Gasteiger partial charge in [0.1, 0.15) is 11.3 Å². The number of H-pyrrole nitrogens is 1. The van der Waals surface area contributed by atoms with Gasteiger partial charge in [0.15, 0.2) is 11.6 Å². The maximum absolute atomic E-state index is 13.4. The zero-order valence-electron chi connectivity index (χ0n) is 9.63. The van der Waals surface area contributed by atoms with Crippen molar-refractivity contribution in [3.63, 3.8) is 0 Å². The molecule has 1 aromatic carbocycles. The minimum atomic E-state index is -0.892. The smallest absolute Gasteiger partial charge is 0.186 e. The fourth-order valence-corrected chi connectivity index (χ4v) is 1.69. The Morgan fingerprint density at radius 2 is 2.18 bits per heavy atom. The molecule has 1 atom stereocenters. The van der Waals surface area contributed by atoms with Crippen LogP contribution in [0, 0.1) is 17.6 Å². The second-order valence-electron chi connectivity index (χ2n) is 4.32. The molecule has 0 fully saturated rings. The van der Waals surface area contributed by atoms with Crippen LogP contribution in [-0.2, 0) is 6.42 Å². The third-order valence-corrected chi connectivity index (χ3v) is 2.87. The van der Waals surface area contributed by atoms with Gasteiger partial charge in [-0.1, -0.05) is 6.92 Å². The maximum atomic E-state index is 13.4. The molecule has 0 amide bonds. The predicted octanol–water partition coefficient (Wildman–Crippen LogP) is 2.37. The molecule has 92 valence electrons. The molecule has 1 unspecified atom stereocenters. The fraction of sp³-hybridized carbons (Fsp3) is 0.417. The predicted molar refractivity (Wildman–Crippen MR) is 62.5 cm³/mol. The molecule has 3 nitrogen and oxygen atoms in total. The molecule has 1 heterocycles. The number of aromatic nitrogens is 2. The second kappa shape index (κ2) is 4.79. The topological polar surface area (TPSA) is 54.7 Å². The van der Waals surface area contributed by atoms with Gasteiger partial charge in [0, 0.05) is 6.42 Å². The summed E-state index contributed by atoms with van der Waals surface area (Å²) in [4.78, 5) is 7.05. The standard InChI is InChI=1S/C12H15F2N3/c1-7(6-15)2-5-10-16-9-4-3-8(13)11(14)12(9)17-10/h3-4,7H,2,5-6,15H2,1H3,(H,16,17). The number of imidazole rings is 1. The Morgan fingerprint density at radius 1 is 1.41 bits per heavy atom. The van der Waals surface area contributed by atoms with Crippen LogP contribution in [0.15, 0.2) is 12.1 Å². The van der Waals surface area contributed by atoms with Gasteiger partial charge in [-0.25, -0.2) is 13.8 Å². The van der Waals surface area contributed by atoms with Crippen LogP contribution in [0.4, 0.5) is 8.78 Å². The van der Waals surface area contributed by atoms with Crippen LogP contribution < -0.4 is 5.73 Å². The first-order valence-electron chi connectivity index (χ1n) is 5.64. The van der Waals surface area contributed by atoms with Crippen molar-refractivity contribution in [2.75, 3.05) is 6.54 Å². The van der Waals surface area contributed by atoms with Gasteiger partial charge >= 0.3 is 0 Å². The van der Waals surface area contributed by atoms with Gasteiger partial charge in [-0.3, -0.25) is 0 Å². The molecule has 0 bridgehead atoms. The number of nitrogens with one attached hydrogen (secondary N) is 1. The number of rotatable bonds is 4. The summed E-state index contributed by atoms with van der Waals surface area (Å²) in [7, 11) is 0. The molecule has 0 spiro atoms. The summed E-state index contributed by atoms with van der Waals surface area (Å²) in [6.45, 7) is 2.66. The highest BCUT2D eigenvalue weighted by Crippen LogP contribution is 2.19. The molecule has 2 aromatic rings. The van der Waals surface area contributed by atoms with E-state index in [-0.39, 0.29) is 5.52 Å². The van der Waals surface area contributed by atoms with Gasteiger partial charge in [0.25, 0.3) is 0 Å². The third-order valence-electron chi connectivity index (χ3n) is 2.87. The number of halogens is 2. The molecule has 0 saturated heterocycles. The van der Waals surface area contributed by atoms with Crippen LogP contribution in [0.25, 0.3) is 11.0 Å². The van der Waals surface area contributed by atoms with Gasteiger partial charge in [0.05, 0.1) is 5.52 Å². The lowest BCUT2D eigenvalue weighted by atomic mass is 10.1. The maximum Gasteiger partial charge on any atom is 0.186 e. The van der Waals surface area contributed by atoms with Gasteiger partial charge in [0.2, 0.25) is 0 Å². The number of benzene rings is 1. The Kier molecular flexibility index (Phi) is 3.38. The number of aryl methyl sites for hydroxylation is 1. The average Bonchev–Trinajstić information content (AvgIpc) is 2.75. The Labute approximate surface area is 98.0 Å². The van der Waals surface area contributed by atoms with Crippen molar-refractivity contribution in [3.8, 4) is 0 Å². The first-order valence-corrected chi connectivity index (χ1v) is 5.64. The van der Waals surface area contributed by atoms with Crippen LogP contribution in [0.1, 0.15) is 19.2 Å². The number of fused-ring (bicyclic) bond motifs is 1. The molecule has 3 N–H and O–H groups in total. The van der Waals surface area contributed by atoms with Crippen molar-refractivity contribution in [2.45, 2.75) is 19.8 Å². The van der Waals surface area contributed by atoms with Crippen LogP contribution in [0.2, 0.25) is 0 Å². The first kappa shape index (κ1) is 12.0. The number of aromatic amines is 1. The van der Waals surface area contributed by atoms with Gasteiger partial charge in [-0.2, -0.15) is 0 Å². The first-order chi connectivity index (χ1) is 8.11. The SMILES string of the molecule is CC(CN)CCc1nc2c(F)c(F)ccc2[nH]1. The summed E-state index contributed by atoms with van der Waals surface area (Å²) >= 11 is 0. The molecule has 0 aliphatic heterocycles. The zero-order chi connectivity index (χ0) is 12.4. The molecule has 17 heavy (non-hydrogen) atoms. The molecule has 0 aliphatic rings. The lowest BCUT2D eigenvalue weighted by Crippen LogP contribution is -2.11. The van der Waals surface area contributed by atoms with E-state index in [9.17, 15) is 8.78 Å². The normalized spacial score (nSPS) is 13.2. The van der Waals surface area contributed by atoms with E-state index < -0.39 is 11.6 Å². The highest BCUT2D eigenvalue weighted by molar-refractivity contribution is 5.75. The number of nitrogens with zero attached hydrogens (tertiary/aromatic N) is 1. The number of nitrogens with two attached hydrogens (primary N) is 1. The second-order valence-corrected chi connectivity index (χ2v) is 4.32. The highest BCUT2D eigenvalue weighted by atomic mass is 19.2. The highest BCUT2D eigenvalue weighted by Gasteiger charge is 2.12. The Bertz CT molecular complexity index is 522. The van der Waals surface area contributed by atoms with E-state index >= 15 is 0 Å². The summed E-state index contributed by atoms with van der Waals surface area (Å²) < 4.78 is 26.4. The van der Waals surface area contributed by atoms with Gasteiger partial charge in [-0.15, -0.1) is 0 Å². The number of hydrogen-bond acceptors (Lipinski definition) is 2. The zero-order valence-corrected chi connectivity index (χ0v) is 9.63. The molecule has 0 aliphatic carbocycles. The van der Waals surface area contributed by atoms with E-state index in [4.69, 9.17) is 5.73 Å². The van der Waals surface area contributed by atoms with Crippen molar-refractivity contribution >= 4 is 11.0 Å². The summed E-state index contributed by atoms with van der Waals surface area (Å²) in [5.74, 6) is -0.697. The van der Waals surface area contributed by atoms with E-state index in [1.54, 1.807) is 0 Å². The van der Waals surface area contributed by atoms with Crippen molar-refractivity contribution in [1.29, 1.82) is 0 Å². The van der Waals surface area contributed by atoms with Gasteiger partial charge < -0.3 is 10.7 Å². The fourth-order valence-electron chi connectivity index (χ4n) is 1.69. The lowest BCUT2D eigenvalue weighted by molar-refractivity contribution is 0.515. The van der Waals surface area contributed by atoms with E-state index in [1.165, 1.54) is 6.07 Å². The van der Waals surface area contributed by atoms with Crippen LogP contribution in [0.5, 0.6) is 0 Å². The van der Waals surface area contributed by atoms with Crippen LogP contribution in [-0.4, -0.2) is 16.5 Å². The Hall–Kier alpha value is -1.49. The van der Waals surface area contributed by atoms with Crippen LogP contribution >= 0.6 is 0 Å². The average molecular weight is 239 g/mol. The molecule has 5 heteroatoms. The monoisotopic (exact) mass is 239 g/mol. The molecule has 1 aromatic heterocycles. The molecular formula is C12H15F2N3. The minimum absolute atomic E-state index is 0.0698. The van der Waals surface area contributed by atoms with Crippen molar-refractivity contribution in [3.05, 3.63) is 29.6 Å². The van der Waals surface area contributed by atoms with E-state index in [2.05, 4.69) is 9.97 Å². The summed E-state index contributed by atoms with van der Waals surface area (Å²) in [5, 5.41) is 0. The van der Waals surface area contributed by atoms with E-state index in [1.807, 2.05) is 6.92 Å². The van der Waals surface area contributed by atoms with Crippen molar-refractivity contribution < 1.29 is 8.78 Å². The van der Waals surface area contributed by atoms with Crippen molar-refractivity contribution in [2.24, 2.45) is 11.7 Å². The quantitative estimate of drug-likeness (QED) is 0.860. The summed E-state index contributed by atoms with van der Waals surface area (Å²) in [6, 6.07) is 2.60. The van der Waals surface area contributed by atoms with Crippen LogP contribution in [0.3, 0.4) is 0 Å².